The maximum Gasteiger partial charge on any atom is 0.426 e. The largest absolute Gasteiger partial charge is 0.428 e. The molecule has 42 heavy (non-hydrogen) atoms. The number of esters is 2. The summed E-state index contributed by atoms with van der Waals surface area (Å²) in [6.07, 6.45) is -7.66. The summed E-state index contributed by atoms with van der Waals surface area (Å²) >= 11 is 0. The van der Waals surface area contributed by atoms with Gasteiger partial charge in [0.05, 0.1) is 11.1 Å². The van der Waals surface area contributed by atoms with E-state index in [1.807, 2.05) is 0 Å². The maximum atomic E-state index is 15.1. The lowest BCUT2D eigenvalue weighted by Crippen LogP contribution is -2.23. The molecule has 0 bridgehead atoms. The summed E-state index contributed by atoms with van der Waals surface area (Å²) < 4.78 is 80.6. The first-order valence-electron chi connectivity index (χ1n) is 12.4. The fourth-order valence-corrected chi connectivity index (χ4v) is 3.64. The zero-order chi connectivity index (χ0) is 30.7. The SMILES string of the molecule is C=C(C)C(=O)Oc1ccc(C(F)(F)Oc2ccc(OC(F)(F)c3ccc(OC(=O)C(=C)C)cc3)c3ccccc23)cc1. The van der Waals surface area contributed by atoms with Crippen LogP contribution >= 0.6 is 0 Å². The molecule has 0 N–H and O–H groups in total. The van der Waals surface area contributed by atoms with Crippen LogP contribution in [0.5, 0.6) is 23.0 Å². The van der Waals surface area contributed by atoms with Crippen molar-refractivity contribution >= 4 is 22.7 Å². The van der Waals surface area contributed by atoms with Crippen LogP contribution in [-0.4, -0.2) is 11.9 Å². The number of ether oxygens (including phenoxy) is 4. The lowest BCUT2D eigenvalue weighted by atomic mass is 10.1. The number of rotatable bonds is 10. The molecule has 4 rings (SSSR count). The lowest BCUT2D eigenvalue weighted by molar-refractivity contribution is -0.186. The predicted octanol–water partition coefficient (Wildman–Crippen LogP) is 8.06. The third kappa shape index (κ3) is 6.77. The first kappa shape index (κ1) is 29.9. The summed E-state index contributed by atoms with van der Waals surface area (Å²) in [7, 11) is 0. The third-order valence-electron chi connectivity index (χ3n) is 5.82. The molecule has 0 unspecified atom stereocenters. The van der Waals surface area contributed by atoms with Crippen molar-refractivity contribution in [3.8, 4) is 23.0 Å². The van der Waals surface area contributed by atoms with E-state index in [1.165, 1.54) is 62.4 Å². The molecule has 216 valence electrons. The van der Waals surface area contributed by atoms with Gasteiger partial charge < -0.3 is 18.9 Å². The Balaban J connectivity index is 1.56. The summed E-state index contributed by atoms with van der Waals surface area (Å²) in [5.41, 5.74) is -0.787. The number of halogens is 4. The molecule has 0 aliphatic carbocycles. The summed E-state index contributed by atoms with van der Waals surface area (Å²) in [6.45, 7) is 9.81. The number of hydrogen-bond donors (Lipinski definition) is 0. The van der Waals surface area contributed by atoms with Crippen LogP contribution in [0.2, 0.25) is 0 Å². The van der Waals surface area contributed by atoms with Gasteiger partial charge in [-0.25, -0.2) is 9.59 Å². The monoisotopic (exact) mass is 580 g/mol. The summed E-state index contributed by atoms with van der Waals surface area (Å²) in [5, 5.41) is 0.194. The molecular weight excluding hydrogens is 556 g/mol. The molecule has 0 aliphatic rings. The van der Waals surface area contributed by atoms with E-state index in [0.717, 1.165) is 36.4 Å². The minimum Gasteiger partial charge on any atom is -0.428 e. The van der Waals surface area contributed by atoms with Crippen LogP contribution < -0.4 is 18.9 Å². The Morgan fingerprint density at radius 3 is 1.21 bits per heavy atom. The second-order valence-corrected chi connectivity index (χ2v) is 9.23. The molecule has 0 amide bonds. The maximum absolute atomic E-state index is 15.1. The van der Waals surface area contributed by atoms with E-state index in [9.17, 15) is 9.59 Å². The van der Waals surface area contributed by atoms with Gasteiger partial charge in [-0.05, 0) is 74.5 Å². The van der Waals surface area contributed by atoms with Crippen molar-refractivity contribution in [3.63, 3.8) is 0 Å². The number of fused-ring (bicyclic) bond motifs is 1. The van der Waals surface area contributed by atoms with E-state index in [4.69, 9.17) is 18.9 Å². The van der Waals surface area contributed by atoms with Crippen LogP contribution in [0.25, 0.3) is 10.8 Å². The zero-order valence-corrected chi connectivity index (χ0v) is 22.5. The molecule has 10 heteroatoms. The topological polar surface area (TPSA) is 71.1 Å². The van der Waals surface area contributed by atoms with Crippen LogP contribution in [0.4, 0.5) is 17.6 Å². The van der Waals surface area contributed by atoms with E-state index in [-0.39, 0.29) is 44.9 Å². The van der Waals surface area contributed by atoms with Crippen molar-refractivity contribution in [3.05, 3.63) is 120 Å². The number of benzene rings is 4. The standard InChI is InChI=1S/C32H24F4O6/c1-19(2)29(37)39-23-13-9-21(10-14-23)31(33,34)41-27-17-18-28(26-8-6-5-7-25(26)27)42-32(35,36)22-11-15-24(16-12-22)40-30(38)20(3)4/h5-18H,1,3H2,2,4H3. The molecule has 0 saturated heterocycles. The number of hydrogen-bond acceptors (Lipinski definition) is 6. The number of carbonyl (C=O) groups is 2. The Bertz CT molecular complexity index is 1540. The molecule has 4 aromatic rings. The Kier molecular flexibility index (Phi) is 8.37. The van der Waals surface area contributed by atoms with E-state index in [1.54, 1.807) is 0 Å². The van der Waals surface area contributed by atoms with Gasteiger partial charge in [0.15, 0.2) is 0 Å². The van der Waals surface area contributed by atoms with E-state index in [2.05, 4.69) is 13.2 Å². The average molecular weight is 581 g/mol. The van der Waals surface area contributed by atoms with Crippen LogP contribution in [0.1, 0.15) is 25.0 Å². The minimum atomic E-state index is -3.83. The summed E-state index contributed by atoms with van der Waals surface area (Å²) in [4.78, 5) is 23.3. The summed E-state index contributed by atoms with van der Waals surface area (Å²) in [6, 6.07) is 17.0. The molecule has 6 nitrogen and oxygen atoms in total. The lowest BCUT2D eigenvalue weighted by Gasteiger charge is -2.22. The highest BCUT2D eigenvalue weighted by molar-refractivity contribution is 5.93. The molecule has 0 aliphatic heterocycles. The Hall–Kier alpha value is -5.12. The van der Waals surface area contributed by atoms with Crippen molar-refractivity contribution in [2.75, 3.05) is 0 Å². The Morgan fingerprint density at radius 1 is 0.571 bits per heavy atom. The van der Waals surface area contributed by atoms with Crippen molar-refractivity contribution in [2.24, 2.45) is 0 Å². The van der Waals surface area contributed by atoms with Crippen molar-refractivity contribution < 1.29 is 46.1 Å². The van der Waals surface area contributed by atoms with Gasteiger partial charge in [-0.1, -0.05) is 37.4 Å². The molecule has 0 fully saturated rings. The Morgan fingerprint density at radius 2 is 0.905 bits per heavy atom. The van der Waals surface area contributed by atoms with Crippen molar-refractivity contribution in [1.29, 1.82) is 0 Å². The molecule has 0 heterocycles. The van der Waals surface area contributed by atoms with Gasteiger partial charge >= 0.3 is 24.2 Å². The van der Waals surface area contributed by atoms with Gasteiger partial charge in [-0.3, -0.25) is 0 Å². The molecule has 0 atom stereocenters. The van der Waals surface area contributed by atoms with E-state index < -0.39 is 35.3 Å². The van der Waals surface area contributed by atoms with Gasteiger partial charge in [0.2, 0.25) is 0 Å². The number of alkyl halides is 4. The molecular formula is C32H24F4O6. The molecule has 0 spiro atoms. The molecule has 0 aromatic heterocycles. The second-order valence-electron chi connectivity index (χ2n) is 9.23. The summed E-state index contributed by atoms with van der Waals surface area (Å²) in [5.74, 6) is -1.89. The van der Waals surface area contributed by atoms with Crippen LogP contribution in [0.15, 0.2) is 109 Å². The molecule has 4 aromatic carbocycles. The smallest absolute Gasteiger partial charge is 0.426 e. The normalized spacial score (nSPS) is 11.5. The average Bonchev–Trinajstić information content (AvgIpc) is 2.94. The van der Waals surface area contributed by atoms with Gasteiger partial charge in [-0.2, -0.15) is 17.6 Å². The van der Waals surface area contributed by atoms with Crippen molar-refractivity contribution in [1.82, 2.24) is 0 Å². The highest BCUT2D eigenvalue weighted by atomic mass is 19.3. The quantitative estimate of drug-likeness (QED) is 0.0818. The van der Waals surface area contributed by atoms with Gasteiger partial charge in [0.1, 0.15) is 23.0 Å². The fraction of sp³-hybridized carbons (Fsp3) is 0.125. The van der Waals surface area contributed by atoms with Crippen LogP contribution in [-0.2, 0) is 21.8 Å². The van der Waals surface area contributed by atoms with Crippen molar-refractivity contribution in [2.45, 2.75) is 26.1 Å². The first-order chi connectivity index (χ1) is 19.8. The van der Waals surface area contributed by atoms with E-state index >= 15 is 17.6 Å². The van der Waals surface area contributed by atoms with Crippen LogP contribution in [0.3, 0.4) is 0 Å². The van der Waals surface area contributed by atoms with Gasteiger partial charge in [0, 0.05) is 21.9 Å². The molecule has 0 saturated carbocycles. The van der Waals surface area contributed by atoms with Gasteiger partial charge in [-0.15, -0.1) is 0 Å². The minimum absolute atomic E-state index is 0.0398. The first-order valence-corrected chi connectivity index (χ1v) is 12.4. The van der Waals surface area contributed by atoms with Crippen LogP contribution in [0, 0.1) is 0 Å². The van der Waals surface area contributed by atoms with E-state index in [0.29, 0.717) is 0 Å². The predicted molar refractivity (Wildman–Crippen MR) is 147 cm³/mol. The highest BCUT2D eigenvalue weighted by Gasteiger charge is 2.37. The van der Waals surface area contributed by atoms with Gasteiger partial charge in [0.25, 0.3) is 0 Å². The molecule has 0 radical (unpaired) electrons. The fourth-order valence-electron chi connectivity index (χ4n) is 3.64. The second kappa shape index (κ2) is 11.8. The number of carbonyl (C=O) groups excluding carboxylic acids is 2. The highest BCUT2D eigenvalue weighted by Crippen LogP contribution is 2.41. The Labute approximate surface area is 238 Å². The zero-order valence-electron chi connectivity index (χ0n) is 22.5. The third-order valence-corrected chi connectivity index (χ3v) is 5.82.